The summed E-state index contributed by atoms with van der Waals surface area (Å²) >= 11 is 3.63. The molecule has 4 rings (SSSR count). The Morgan fingerprint density at radius 3 is 1.96 bits per heavy atom. The van der Waals surface area contributed by atoms with Crippen LogP contribution in [-0.2, 0) is 22.7 Å². The summed E-state index contributed by atoms with van der Waals surface area (Å²) in [5.74, 6) is 1.32. The predicted octanol–water partition coefficient (Wildman–Crippen LogP) is 5.65. The van der Waals surface area contributed by atoms with Crippen LogP contribution in [0.2, 0.25) is 0 Å². The van der Waals surface area contributed by atoms with E-state index in [1.165, 1.54) is 0 Å². The van der Waals surface area contributed by atoms with Gasteiger partial charge in [0.2, 0.25) is 0 Å². The summed E-state index contributed by atoms with van der Waals surface area (Å²) in [5.41, 5.74) is 3.08. The van der Waals surface area contributed by atoms with Crippen LogP contribution in [0, 0.1) is 0 Å². The SMILES string of the molecule is Brc1cc(C2OCCO2)cc(OCc2ccccc2)c1OCc1ccccc1. The summed E-state index contributed by atoms with van der Waals surface area (Å²) in [4.78, 5) is 0. The maximum Gasteiger partial charge on any atom is 0.184 e. The van der Waals surface area contributed by atoms with Crippen molar-refractivity contribution in [3.63, 3.8) is 0 Å². The molecule has 0 spiro atoms. The number of halogens is 1. The molecule has 0 amide bonds. The Bertz CT molecular complexity index is 893. The van der Waals surface area contributed by atoms with E-state index in [1.807, 2.05) is 72.8 Å². The van der Waals surface area contributed by atoms with Crippen LogP contribution < -0.4 is 9.47 Å². The molecule has 0 aliphatic carbocycles. The maximum atomic E-state index is 6.13. The largest absolute Gasteiger partial charge is 0.485 e. The van der Waals surface area contributed by atoms with E-state index in [-0.39, 0.29) is 6.29 Å². The minimum atomic E-state index is -0.376. The van der Waals surface area contributed by atoms with Crippen LogP contribution in [0.4, 0.5) is 0 Å². The molecule has 28 heavy (non-hydrogen) atoms. The third-order valence-electron chi connectivity index (χ3n) is 4.39. The first-order valence-electron chi connectivity index (χ1n) is 9.20. The minimum Gasteiger partial charge on any atom is -0.485 e. The summed E-state index contributed by atoms with van der Waals surface area (Å²) in [5, 5.41) is 0. The zero-order chi connectivity index (χ0) is 19.2. The topological polar surface area (TPSA) is 36.9 Å². The van der Waals surface area contributed by atoms with Gasteiger partial charge in [0.25, 0.3) is 0 Å². The molecule has 0 bridgehead atoms. The number of hydrogen-bond acceptors (Lipinski definition) is 4. The summed E-state index contributed by atoms with van der Waals surface area (Å²) in [6.07, 6.45) is -0.376. The Labute approximate surface area is 173 Å². The van der Waals surface area contributed by atoms with E-state index in [0.717, 1.165) is 21.2 Å². The molecule has 1 heterocycles. The van der Waals surface area contributed by atoms with Crippen LogP contribution in [0.1, 0.15) is 23.0 Å². The number of ether oxygens (including phenoxy) is 4. The van der Waals surface area contributed by atoms with Gasteiger partial charge in [-0.1, -0.05) is 60.7 Å². The molecule has 4 nitrogen and oxygen atoms in total. The van der Waals surface area contributed by atoms with Crippen LogP contribution in [0.15, 0.2) is 77.3 Å². The van der Waals surface area contributed by atoms with Crippen LogP contribution in [0.5, 0.6) is 11.5 Å². The fourth-order valence-electron chi connectivity index (χ4n) is 2.99. The van der Waals surface area contributed by atoms with Crippen molar-refractivity contribution in [2.75, 3.05) is 13.2 Å². The number of benzene rings is 3. The lowest BCUT2D eigenvalue weighted by Gasteiger charge is -2.18. The molecule has 1 aliphatic rings. The second kappa shape index (κ2) is 9.24. The molecule has 0 atom stereocenters. The standard InChI is InChI=1S/C23H21BrO4/c24-20-13-19(23-25-11-12-26-23)14-21(27-15-17-7-3-1-4-8-17)22(20)28-16-18-9-5-2-6-10-18/h1-10,13-14,23H,11-12,15-16H2. The van der Waals surface area contributed by atoms with E-state index >= 15 is 0 Å². The van der Waals surface area contributed by atoms with Crippen molar-refractivity contribution in [1.29, 1.82) is 0 Å². The summed E-state index contributed by atoms with van der Waals surface area (Å²) in [6.45, 7) is 2.09. The van der Waals surface area contributed by atoms with Crippen molar-refractivity contribution < 1.29 is 18.9 Å². The zero-order valence-electron chi connectivity index (χ0n) is 15.3. The van der Waals surface area contributed by atoms with Gasteiger partial charge in [0.1, 0.15) is 13.2 Å². The molecule has 0 radical (unpaired) electrons. The molecule has 1 aliphatic heterocycles. The highest BCUT2D eigenvalue weighted by molar-refractivity contribution is 9.10. The molecule has 0 N–H and O–H groups in total. The van der Waals surface area contributed by atoms with Gasteiger partial charge >= 0.3 is 0 Å². The van der Waals surface area contributed by atoms with Gasteiger partial charge in [-0.15, -0.1) is 0 Å². The molecule has 1 saturated heterocycles. The van der Waals surface area contributed by atoms with Gasteiger partial charge in [0, 0.05) is 5.56 Å². The van der Waals surface area contributed by atoms with Crippen molar-refractivity contribution in [3.8, 4) is 11.5 Å². The third kappa shape index (κ3) is 4.73. The molecular weight excluding hydrogens is 420 g/mol. The fraction of sp³-hybridized carbons (Fsp3) is 0.217. The van der Waals surface area contributed by atoms with Crippen LogP contribution in [0.25, 0.3) is 0 Å². The highest BCUT2D eigenvalue weighted by Gasteiger charge is 2.22. The van der Waals surface area contributed by atoms with Crippen molar-refractivity contribution in [3.05, 3.63) is 94.0 Å². The van der Waals surface area contributed by atoms with Crippen LogP contribution in [0.3, 0.4) is 0 Å². The Balaban J connectivity index is 1.58. The maximum absolute atomic E-state index is 6.13. The van der Waals surface area contributed by atoms with E-state index in [2.05, 4.69) is 15.9 Å². The van der Waals surface area contributed by atoms with E-state index in [1.54, 1.807) is 0 Å². The van der Waals surface area contributed by atoms with Crippen LogP contribution in [-0.4, -0.2) is 13.2 Å². The molecular formula is C23H21BrO4. The number of hydrogen-bond donors (Lipinski definition) is 0. The fourth-order valence-corrected chi connectivity index (χ4v) is 3.56. The zero-order valence-corrected chi connectivity index (χ0v) is 16.9. The van der Waals surface area contributed by atoms with E-state index in [0.29, 0.717) is 37.9 Å². The lowest BCUT2D eigenvalue weighted by molar-refractivity contribution is -0.0443. The first-order valence-corrected chi connectivity index (χ1v) is 9.99. The monoisotopic (exact) mass is 440 g/mol. The Kier molecular flexibility index (Phi) is 6.27. The van der Waals surface area contributed by atoms with Crippen molar-refractivity contribution >= 4 is 15.9 Å². The van der Waals surface area contributed by atoms with Crippen molar-refractivity contribution in [2.24, 2.45) is 0 Å². The van der Waals surface area contributed by atoms with Gasteiger partial charge in [-0.25, -0.2) is 0 Å². The first-order chi connectivity index (χ1) is 13.8. The lowest BCUT2D eigenvalue weighted by Crippen LogP contribution is -2.04. The van der Waals surface area contributed by atoms with Crippen molar-refractivity contribution in [2.45, 2.75) is 19.5 Å². The Morgan fingerprint density at radius 1 is 0.786 bits per heavy atom. The van der Waals surface area contributed by atoms with E-state index < -0.39 is 0 Å². The summed E-state index contributed by atoms with van der Waals surface area (Å²) < 4.78 is 24.3. The number of rotatable bonds is 7. The predicted molar refractivity (Wildman–Crippen MR) is 110 cm³/mol. The minimum absolute atomic E-state index is 0.376. The highest BCUT2D eigenvalue weighted by atomic mass is 79.9. The molecule has 5 heteroatoms. The third-order valence-corrected chi connectivity index (χ3v) is 4.98. The van der Waals surface area contributed by atoms with Gasteiger partial charge in [-0.05, 0) is 39.2 Å². The summed E-state index contributed by atoms with van der Waals surface area (Å²) in [7, 11) is 0. The molecule has 3 aromatic rings. The van der Waals surface area contributed by atoms with Gasteiger partial charge in [-0.2, -0.15) is 0 Å². The average molecular weight is 441 g/mol. The lowest BCUT2D eigenvalue weighted by atomic mass is 10.2. The van der Waals surface area contributed by atoms with Gasteiger partial charge in [-0.3, -0.25) is 0 Å². The normalized spacial score (nSPS) is 14.2. The Hall–Kier alpha value is -2.34. The quantitative estimate of drug-likeness (QED) is 0.475. The second-order valence-corrected chi connectivity index (χ2v) is 7.31. The molecule has 0 saturated carbocycles. The molecule has 144 valence electrons. The second-order valence-electron chi connectivity index (χ2n) is 6.45. The smallest absolute Gasteiger partial charge is 0.184 e. The van der Waals surface area contributed by atoms with Gasteiger partial charge in [0.05, 0.1) is 17.7 Å². The molecule has 0 aromatic heterocycles. The van der Waals surface area contributed by atoms with Crippen molar-refractivity contribution in [1.82, 2.24) is 0 Å². The average Bonchev–Trinajstić information content (AvgIpc) is 3.28. The molecule has 3 aromatic carbocycles. The van der Waals surface area contributed by atoms with Crippen LogP contribution >= 0.6 is 15.9 Å². The van der Waals surface area contributed by atoms with E-state index in [9.17, 15) is 0 Å². The first kappa shape index (κ1) is 19.0. The Morgan fingerprint density at radius 2 is 1.36 bits per heavy atom. The van der Waals surface area contributed by atoms with Gasteiger partial charge < -0.3 is 18.9 Å². The molecule has 0 unspecified atom stereocenters. The van der Waals surface area contributed by atoms with E-state index in [4.69, 9.17) is 18.9 Å². The van der Waals surface area contributed by atoms with Gasteiger partial charge in [0.15, 0.2) is 17.8 Å². The summed E-state index contributed by atoms with van der Waals surface area (Å²) in [6, 6.07) is 24.0. The molecule has 1 fully saturated rings. The highest BCUT2D eigenvalue weighted by Crippen LogP contribution is 2.40.